The molecule has 0 aliphatic carbocycles. The Bertz CT molecular complexity index is 1300. The number of ether oxygens (including phenoxy) is 1. The summed E-state index contributed by atoms with van der Waals surface area (Å²) in [6, 6.07) is 21.1. The molecule has 0 atom stereocenters. The standard InChI is InChI=1S/C25H18FN3O2S2/c1-31-19-10-4-16(5-11-19)22-13-20(23-3-2-12-32-23)21(14-27)25(29-22)33-15-24(30)28-18-8-6-17(26)7-9-18/h2-13H,15H2,1H3,(H,28,30). The number of hydrogen-bond donors (Lipinski definition) is 1. The van der Waals surface area contributed by atoms with Gasteiger partial charge in [-0.05, 0) is 66.0 Å². The van der Waals surface area contributed by atoms with E-state index in [4.69, 9.17) is 9.72 Å². The quantitative estimate of drug-likeness (QED) is 0.321. The van der Waals surface area contributed by atoms with Gasteiger partial charge in [0.2, 0.25) is 5.91 Å². The number of rotatable bonds is 7. The summed E-state index contributed by atoms with van der Waals surface area (Å²) in [6.45, 7) is 0. The second-order valence-corrected chi connectivity index (χ2v) is 8.81. The third-order valence-electron chi connectivity index (χ3n) is 4.74. The summed E-state index contributed by atoms with van der Waals surface area (Å²) >= 11 is 2.72. The van der Waals surface area contributed by atoms with Crippen LogP contribution >= 0.6 is 23.1 Å². The van der Waals surface area contributed by atoms with E-state index in [-0.39, 0.29) is 17.5 Å². The van der Waals surface area contributed by atoms with Crippen LogP contribution in [0.5, 0.6) is 5.75 Å². The molecule has 4 rings (SSSR count). The van der Waals surface area contributed by atoms with Gasteiger partial charge in [0, 0.05) is 21.7 Å². The predicted molar refractivity (Wildman–Crippen MR) is 130 cm³/mol. The summed E-state index contributed by atoms with van der Waals surface area (Å²) < 4.78 is 18.3. The van der Waals surface area contributed by atoms with Crippen molar-refractivity contribution in [2.75, 3.05) is 18.2 Å². The van der Waals surface area contributed by atoms with E-state index in [1.165, 1.54) is 47.4 Å². The van der Waals surface area contributed by atoms with Gasteiger partial charge >= 0.3 is 0 Å². The lowest BCUT2D eigenvalue weighted by Crippen LogP contribution is -2.14. The van der Waals surface area contributed by atoms with Crippen LogP contribution in [0.15, 0.2) is 77.1 Å². The molecule has 0 saturated carbocycles. The smallest absolute Gasteiger partial charge is 0.234 e. The molecule has 8 heteroatoms. The largest absolute Gasteiger partial charge is 0.497 e. The second-order valence-electron chi connectivity index (χ2n) is 6.90. The van der Waals surface area contributed by atoms with E-state index in [0.717, 1.165) is 21.8 Å². The van der Waals surface area contributed by atoms with Crippen molar-refractivity contribution in [2.45, 2.75) is 5.03 Å². The van der Waals surface area contributed by atoms with Gasteiger partial charge in [-0.2, -0.15) is 5.26 Å². The van der Waals surface area contributed by atoms with Gasteiger partial charge in [-0.25, -0.2) is 9.37 Å². The average Bonchev–Trinajstić information content (AvgIpc) is 3.38. The molecule has 0 spiro atoms. The highest BCUT2D eigenvalue weighted by molar-refractivity contribution is 8.00. The van der Waals surface area contributed by atoms with Crippen molar-refractivity contribution in [3.05, 3.63) is 83.5 Å². The minimum atomic E-state index is -0.373. The first kappa shape index (κ1) is 22.5. The van der Waals surface area contributed by atoms with Crippen LogP contribution in [-0.2, 0) is 4.79 Å². The van der Waals surface area contributed by atoms with Gasteiger partial charge < -0.3 is 10.1 Å². The molecular weight excluding hydrogens is 457 g/mol. The van der Waals surface area contributed by atoms with E-state index < -0.39 is 0 Å². The van der Waals surface area contributed by atoms with Gasteiger partial charge in [0.1, 0.15) is 22.7 Å². The molecular formula is C25H18FN3O2S2. The zero-order chi connectivity index (χ0) is 23.2. The monoisotopic (exact) mass is 475 g/mol. The number of hydrogen-bond acceptors (Lipinski definition) is 6. The van der Waals surface area contributed by atoms with Gasteiger partial charge in [-0.1, -0.05) is 17.8 Å². The molecule has 2 aromatic heterocycles. The number of aromatic nitrogens is 1. The van der Waals surface area contributed by atoms with Crippen molar-refractivity contribution in [2.24, 2.45) is 0 Å². The maximum absolute atomic E-state index is 13.1. The van der Waals surface area contributed by atoms with Gasteiger partial charge in [0.15, 0.2) is 0 Å². The van der Waals surface area contributed by atoms with Crippen LogP contribution in [-0.4, -0.2) is 23.8 Å². The number of thioether (sulfide) groups is 1. The Morgan fingerprint density at radius 1 is 1.18 bits per heavy atom. The summed E-state index contributed by atoms with van der Waals surface area (Å²) in [7, 11) is 1.61. The lowest BCUT2D eigenvalue weighted by Gasteiger charge is -2.12. The Hall–Kier alpha value is -3.67. The van der Waals surface area contributed by atoms with Crippen LogP contribution in [0.2, 0.25) is 0 Å². The molecule has 0 aliphatic heterocycles. The Kier molecular flexibility index (Phi) is 7.03. The van der Waals surface area contributed by atoms with Crippen molar-refractivity contribution in [3.63, 3.8) is 0 Å². The normalized spacial score (nSPS) is 10.5. The molecule has 0 radical (unpaired) electrons. The Morgan fingerprint density at radius 3 is 2.58 bits per heavy atom. The van der Waals surface area contributed by atoms with Gasteiger partial charge in [0.05, 0.1) is 24.1 Å². The van der Waals surface area contributed by atoms with E-state index in [0.29, 0.717) is 22.0 Å². The van der Waals surface area contributed by atoms with Gasteiger partial charge in [-0.3, -0.25) is 4.79 Å². The van der Waals surface area contributed by atoms with E-state index >= 15 is 0 Å². The van der Waals surface area contributed by atoms with Crippen LogP contribution in [0.3, 0.4) is 0 Å². The van der Waals surface area contributed by atoms with E-state index in [2.05, 4.69) is 11.4 Å². The third kappa shape index (κ3) is 5.40. The SMILES string of the molecule is COc1ccc(-c2cc(-c3cccs3)c(C#N)c(SCC(=O)Nc3ccc(F)cc3)n2)cc1. The highest BCUT2D eigenvalue weighted by Crippen LogP contribution is 2.36. The summed E-state index contributed by atoms with van der Waals surface area (Å²) in [5, 5.41) is 15.1. The summed E-state index contributed by atoms with van der Waals surface area (Å²) in [5.74, 6) is 0.138. The minimum Gasteiger partial charge on any atom is -0.497 e. The minimum absolute atomic E-state index is 0.0506. The molecule has 0 bridgehead atoms. The van der Waals surface area contributed by atoms with E-state index in [1.807, 2.05) is 47.8 Å². The van der Waals surface area contributed by atoms with Crippen LogP contribution in [0.25, 0.3) is 21.7 Å². The molecule has 1 N–H and O–H groups in total. The van der Waals surface area contributed by atoms with Gasteiger partial charge in [-0.15, -0.1) is 11.3 Å². The first-order chi connectivity index (χ1) is 16.1. The highest BCUT2D eigenvalue weighted by atomic mass is 32.2. The number of nitrogens with one attached hydrogen (secondary N) is 1. The Balaban J connectivity index is 1.65. The molecule has 0 unspecified atom stereocenters. The maximum atomic E-state index is 13.1. The van der Waals surface area contributed by atoms with Crippen LogP contribution in [0, 0.1) is 17.1 Å². The maximum Gasteiger partial charge on any atom is 0.234 e. The fourth-order valence-corrected chi connectivity index (χ4v) is 4.69. The molecule has 0 aliphatic rings. The number of halogens is 1. The summed E-state index contributed by atoms with van der Waals surface area (Å²) in [4.78, 5) is 18.1. The third-order valence-corrected chi connectivity index (χ3v) is 6.62. The number of nitrogens with zero attached hydrogens (tertiary/aromatic N) is 2. The molecule has 2 heterocycles. The van der Waals surface area contributed by atoms with Gasteiger partial charge in [0.25, 0.3) is 0 Å². The first-order valence-electron chi connectivity index (χ1n) is 9.89. The zero-order valence-electron chi connectivity index (χ0n) is 17.5. The van der Waals surface area contributed by atoms with E-state index in [1.54, 1.807) is 7.11 Å². The highest BCUT2D eigenvalue weighted by Gasteiger charge is 2.18. The number of benzene rings is 2. The van der Waals surface area contributed by atoms with E-state index in [9.17, 15) is 14.4 Å². The fourth-order valence-electron chi connectivity index (χ4n) is 3.13. The number of nitriles is 1. The molecule has 2 aromatic carbocycles. The molecule has 0 fully saturated rings. The average molecular weight is 476 g/mol. The van der Waals surface area contributed by atoms with Crippen molar-refractivity contribution in [3.8, 4) is 33.5 Å². The lowest BCUT2D eigenvalue weighted by molar-refractivity contribution is -0.113. The molecule has 4 aromatic rings. The Morgan fingerprint density at radius 2 is 1.94 bits per heavy atom. The van der Waals surface area contributed by atoms with Crippen molar-refractivity contribution < 1.29 is 13.9 Å². The summed E-state index contributed by atoms with van der Waals surface area (Å²) in [5.41, 5.74) is 3.27. The second kappa shape index (κ2) is 10.3. The first-order valence-corrected chi connectivity index (χ1v) is 11.8. The van der Waals surface area contributed by atoms with Crippen LogP contribution < -0.4 is 10.1 Å². The fraction of sp³-hybridized carbons (Fsp3) is 0.0800. The molecule has 5 nitrogen and oxygen atoms in total. The number of anilines is 1. The number of pyridine rings is 1. The molecule has 0 saturated heterocycles. The van der Waals surface area contributed by atoms with Crippen LogP contribution in [0.1, 0.15) is 5.56 Å². The van der Waals surface area contributed by atoms with Crippen LogP contribution in [0.4, 0.5) is 10.1 Å². The number of amides is 1. The zero-order valence-corrected chi connectivity index (χ0v) is 19.2. The Labute approximate surface area is 198 Å². The molecule has 164 valence electrons. The molecule has 1 amide bonds. The number of thiophene rings is 1. The molecule has 33 heavy (non-hydrogen) atoms. The van der Waals surface area contributed by atoms with Crippen molar-refractivity contribution in [1.82, 2.24) is 4.98 Å². The lowest BCUT2D eigenvalue weighted by atomic mass is 10.0. The number of carbonyl (C=O) groups is 1. The van der Waals surface area contributed by atoms with Crippen molar-refractivity contribution in [1.29, 1.82) is 5.26 Å². The topological polar surface area (TPSA) is 75.0 Å². The predicted octanol–water partition coefficient (Wildman–Crippen LogP) is 6.23. The van der Waals surface area contributed by atoms with Crippen molar-refractivity contribution >= 4 is 34.7 Å². The number of methoxy groups -OCH3 is 1. The summed E-state index contributed by atoms with van der Waals surface area (Å²) in [6.07, 6.45) is 0. The number of carbonyl (C=O) groups excluding carboxylic acids is 1.